The molecule has 3 rings (SSSR count). The highest BCUT2D eigenvalue weighted by Gasteiger charge is 2.18. The zero-order valence-electron chi connectivity index (χ0n) is 18.8. The summed E-state index contributed by atoms with van der Waals surface area (Å²) in [4.78, 5) is 42.7. The third-order valence-electron chi connectivity index (χ3n) is 5.16. The monoisotopic (exact) mass is 446 g/mol. The van der Waals surface area contributed by atoms with Crippen LogP contribution in [0, 0.1) is 17.2 Å². The number of hydrogen-bond donors (Lipinski definition) is 2. The Morgan fingerprint density at radius 1 is 1.18 bits per heavy atom. The van der Waals surface area contributed by atoms with Gasteiger partial charge in [-0.3, -0.25) is 19.7 Å². The van der Waals surface area contributed by atoms with E-state index in [2.05, 4.69) is 10.3 Å². The van der Waals surface area contributed by atoms with Crippen LogP contribution in [0.3, 0.4) is 0 Å². The fraction of sp³-hybridized carbons (Fsp3) is 0.292. The van der Waals surface area contributed by atoms with E-state index in [0.717, 1.165) is 0 Å². The fourth-order valence-electron chi connectivity index (χ4n) is 3.37. The molecule has 0 aliphatic heterocycles. The largest absolute Gasteiger partial charge is 0.370 e. The van der Waals surface area contributed by atoms with Gasteiger partial charge in [0.25, 0.3) is 5.91 Å². The Kier molecular flexibility index (Phi) is 7.08. The summed E-state index contributed by atoms with van der Waals surface area (Å²) in [6.07, 6.45) is 0.493. The minimum Gasteiger partial charge on any atom is -0.370 e. The van der Waals surface area contributed by atoms with Crippen molar-refractivity contribution in [3.05, 3.63) is 53.6 Å². The number of nitrogens with zero attached hydrogens (tertiary/aromatic N) is 4. The number of nitrogens with two attached hydrogens (primary N) is 1. The fourth-order valence-corrected chi connectivity index (χ4v) is 3.37. The van der Waals surface area contributed by atoms with E-state index < -0.39 is 11.8 Å². The Balaban J connectivity index is 1.95. The molecule has 0 aliphatic carbocycles. The van der Waals surface area contributed by atoms with E-state index in [-0.39, 0.29) is 30.7 Å². The number of aryl methyl sites for hydroxylation is 1. The zero-order chi connectivity index (χ0) is 24.1. The molecule has 0 radical (unpaired) electrons. The highest BCUT2D eigenvalue weighted by molar-refractivity contribution is 6.04. The third-order valence-corrected chi connectivity index (χ3v) is 5.16. The van der Waals surface area contributed by atoms with Crippen LogP contribution in [0.15, 0.2) is 42.5 Å². The van der Waals surface area contributed by atoms with Crippen molar-refractivity contribution in [1.29, 1.82) is 5.26 Å². The number of hydrogen-bond acceptors (Lipinski definition) is 5. The summed E-state index contributed by atoms with van der Waals surface area (Å²) in [7, 11) is 1.71. The lowest BCUT2D eigenvalue weighted by atomic mass is 10.1. The molecule has 170 valence electrons. The maximum atomic E-state index is 12.8. The number of imidazole rings is 1. The molecule has 0 spiro atoms. The summed E-state index contributed by atoms with van der Waals surface area (Å²) < 4.78 is 1.71. The van der Waals surface area contributed by atoms with Gasteiger partial charge in [0.05, 0.1) is 22.7 Å². The van der Waals surface area contributed by atoms with Crippen LogP contribution in [0.1, 0.15) is 42.6 Å². The van der Waals surface area contributed by atoms with Crippen molar-refractivity contribution in [1.82, 2.24) is 9.55 Å². The number of nitriles is 1. The minimum absolute atomic E-state index is 0.00754. The summed E-state index contributed by atoms with van der Waals surface area (Å²) >= 11 is 0. The van der Waals surface area contributed by atoms with Gasteiger partial charge in [0.15, 0.2) is 0 Å². The van der Waals surface area contributed by atoms with E-state index in [0.29, 0.717) is 34.3 Å². The molecule has 0 atom stereocenters. The average molecular weight is 447 g/mol. The second-order valence-corrected chi connectivity index (χ2v) is 8.17. The van der Waals surface area contributed by atoms with Crippen molar-refractivity contribution in [3.63, 3.8) is 0 Å². The Labute approximate surface area is 191 Å². The van der Waals surface area contributed by atoms with E-state index >= 15 is 0 Å². The lowest BCUT2D eigenvalue weighted by molar-refractivity contribution is -0.119. The number of primary amides is 1. The van der Waals surface area contributed by atoms with Crippen molar-refractivity contribution in [3.8, 4) is 6.07 Å². The van der Waals surface area contributed by atoms with Crippen LogP contribution in [0.4, 0.5) is 11.6 Å². The van der Waals surface area contributed by atoms with Crippen LogP contribution in [-0.4, -0.2) is 34.3 Å². The molecule has 3 N–H and O–H groups in total. The van der Waals surface area contributed by atoms with Crippen molar-refractivity contribution in [2.75, 3.05) is 17.3 Å². The lowest BCUT2D eigenvalue weighted by Crippen LogP contribution is -2.27. The number of aromatic nitrogens is 2. The summed E-state index contributed by atoms with van der Waals surface area (Å²) in [6.45, 7) is 4.20. The van der Waals surface area contributed by atoms with Gasteiger partial charge in [-0.2, -0.15) is 5.26 Å². The first-order valence-electron chi connectivity index (χ1n) is 10.6. The number of anilines is 2. The number of benzene rings is 2. The molecule has 0 fully saturated rings. The Hall–Kier alpha value is -4.19. The second kappa shape index (κ2) is 9.96. The van der Waals surface area contributed by atoms with Gasteiger partial charge >= 0.3 is 0 Å². The van der Waals surface area contributed by atoms with E-state index in [4.69, 9.17) is 11.0 Å². The first kappa shape index (κ1) is 23.5. The average Bonchev–Trinajstić information content (AvgIpc) is 3.12. The normalized spacial score (nSPS) is 10.8. The Bertz CT molecular complexity index is 1240. The van der Waals surface area contributed by atoms with Crippen LogP contribution < -0.4 is 16.0 Å². The molecule has 3 amide bonds. The number of nitrogens with one attached hydrogen (secondary N) is 1. The van der Waals surface area contributed by atoms with Gasteiger partial charge in [-0.1, -0.05) is 13.8 Å². The molecule has 0 unspecified atom stereocenters. The van der Waals surface area contributed by atoms with E-state index in [1.54, 1.807) is 59.0 Å². The van der Waals surface area contributed by atoms with Crippen LogP contribution in [-0.2, 0) is 16.1 Å². The van der Waals surface area contributed by atoms with Crippen molar-refractivity contribution < 1.29 is 14.4 Å². The summed E-state index contributed by atoms with van der Waals surface area (Å²) in [5.74, 6) is -0.391. The summed E-state index contributed by atoms with van der Waals surface area (Å²) in [6, 6.07) is 13.6. The third kappa shape index (κ3) is 5.54. The molecular weight excluding hydrogens is 420 g/mol. The molecule has 9 heteroatoms. The van der Waals surface area contributed by atoms with Crippen LogP contribution >= 0.6 is 0 Å². The van der Waals surface area contributed by atoms with Gasteiger partial charge in [-0.05, 0) is 48.4 Å². The minimum atomic E-state index is -0.475. The number of rotatable bonds is 8. The zero-order valence-corrected chi connectivity index (χ0v) is 18.8. The van der Waals surface area contributed by atoms with Crippen LogP contribution in [0.25, 0.3) is 11.0 Å². The van der Waals surface area contributed by atoms with E-state index in [1.807, 2.05) is 19.9 Å². The van der Waals surface area contributed by atoms with Gasteiger partial charge in [0, 0.05) is 37.7 Å². The van der Waals surface area contributed by atoms with E-state index in [9.17, 15) is 14.4 Å². The number of fused-ring (bicyclic) bond motifs is 1. The van der Waals surface area contributed by atoms with Crippen molar-refractivity contribution in [2.45, 2.75) is 33.2 Å². The molecule has 3 aromatic rings. The summed E-state index contributed by atoms with van der Waals surface area (Å²) in [5.41, 5.74) is 8.08. The van der Waals surface area contributed by atoms with Gasteiger partial charge in [-0.15, -0.1) is 0 Å². The van der Waals surface area contributed by atoms with Crippen LogP contribution in [0.5, 0.6) is 0 Å². The molecule has 0 aliphatic rings. The molecule has 0 saturated heterocycles. The molecule has 33 heavy (non-hydrogen) atoms. The Morgan fingerprint density at radius 2 is 1.88 bits per heavy atom. The smallest absolute Gasteiger partial charge is 0.257 e. The summed E-state index contributed by atoms with van der Waals surface area (Å²) in [5, 5.41) is 11.7. The van der Waals surface area contributed by atoms with Gasteiger partial charge < -0.3 is 15.2 Å². The molecule has 0 bridgehead atoms. The molecule has 1 heterocycles. The first-order valence-corrected chi connectivity index (χ1v) is 10.6. The van der Waals surface area contributed by atoms with Crippen molar-refractivity contribution >= 4 is 40.4 Å². The van der Waals surface area contributed by atoms with Crippen LogP contribution in [0.2, 0.25) is 0 Å². The van der Waals surface area contributed by atoms with Gasteiger partial charge in [0.2, 0.25) is 17.8 Å². The quantitative estimate of drug-likeness (QED) is 0.548. The standard InChI is InChI=1S/C24H26N6O3/c1-15(2)12-22(32)29(3)18-8-9-20-19(13-18)27-24(30(20)11-10-21(26)31)28-23(33)17-6-4-16(14-25)5-7-17/h4-9,13,15H,10-12H2,1-3H3,(H2,26,31)(H,27,28,33). The van der Waals surface area contributed by atoms with Crippen molar-refractivity contribution in [2.24, 2.45) is 11.7 Å². The first-order chi connectivity index (χ1) is 15.7. The predicted octanol–water partition coefficient (Wildman–Crippen LogP) is 3.04. The lowest BCUT2D eigenvalue weighted by Gasteiger charge is -2.18. The molecular formula is C24H26N6O3. The maximum absolute atomic E-state index is 12.8. The molecule has 1 aromatic heterocycles. The topological polar surface area (TPSA) is 134 Å². The maximum Gasteiger partial charge on any atom is 0.257 e. The van der Waals surface area contributed by atoms with Gasteiger partial charge in [0.1, 0.15) is 0 Å². The van der Waals surface area contributed by atoms with Gasteiger partial charge in [-0.25, -0.2) is 4.98 Å². The highest BCUT2D eigenvalue weighted by atomic mass is 16.2. The molecule has 9 nitrogen and oxygen atoms in total. The Morgan fingerprint density at radius 3 is 2.48 bits per heavy atom. The SMILES string of the molecule is CC(C)CC(=O)N(C)c1ccc2c(c1)nc(NC(=O)c1ccc(C#N)cc1)n2CCC(N)=O. The molecule has 2 aromatic carbocycles. The number of carbonyl (C=O) groups excluding carboxylic acids is 3. The number of amides is 3. The molecule has 0 saturated carbocycles. The second-order valence-electron chi connectivity index (χ2n) is 8.17. The predicted molar refractivity (Wildman–Crippen MR) is 126 cm³/mol. The van der Waals surface area contributed by atoms with E-state index in [1.165, 1.54) is 0 Å². The highest BCUT2D eigenvalue weighted by Crippen LogP contribution is 2.26. The number of carbonyl (C=O) groups is 3.